The van der Waals surface area contributed by atoms with E-state index in [-0.39, 0.29) is 11.9 Å². The van der Waals surface area contributed by atoms with Crippen molar-refractivity contribution >= 4 is 5.97 Å². The van der Waals surface area contributed by atoms with Crippen LogP contribution in [0.4, 0.5) is 0 Å². The molecule has 2 heteroatoms. The van der Waals surface area contributed by atoms with Gasteiger partial charge in [0.15, 0.2) is 0 Å². The van der Waals surface area contributed by atoms with Crippen LogP contribution in [0.25, 0.3) is 0 Å². The Bertz CT molecular complexity index is 367. The highest BCUT2D eigenvalue weighted by atomic mass is 16.5. The van der Waals surface area contributed by atoms with E-state index in [4.69, 9.17) is 4.74 Å². The van der Waals surface area contributed by atoms with Gasteiger partial charge in [0.1, 0.15) is 0 Å². The van der Waals surface area contributed by atoms with Gasteiger partial charge in [0.2, 0.25) is 0 Å². The highest BCUT2D eigenvalue weighted by Gasteiger charge is 2.12. The number of benzene rings is 1. The lowest BCUT2D eigenvalue weighted by atomic mass is 10.0. The Morgan fingerprint density at radius 2 is 1.84 bits per heavy atom. The molecule has 0 spiro atoms. The number of rotatable bonds is 8. The first-order valence-corrected chi connectivity index (χ1v) is 7.35. The van der Waals surface area contributed by atoms with E-state index in [9.17, 15) is 4.79 Å². The van der Waals surface area contributed by atoms with Crippen LogP contribution in [0.5, 0.6) is 0 Å². The summed E-state index contributed by atoms with van der Waals surface area (Å²) in [4.78, 5) is 11.4. The van der Waals surface area contributed by atoms with Crippen LogP contribution >= 0.6 is 0 Å². The molecule has 0 N–H and O–H groups in total. The van der Waals surface area contributed by atoms with Crippen LogP contribution in [0.15, 0.2) is 24.3 Å². The smallest absolute Gasteiger partial charge is 0.308 e. The summed E-state index contributed by atoms with van der Waals surface area (Å²) >= 11 is 0. The molecular weight excluding hydrogens is 236 g/mol. The van der Waals surface area contributed by atoms with Crippen LogP contribution in [0.1, 0.15) is 50.7 Å². The minimum atomic E-state index is -0.0546. The summed E-state index contributed by atoms with van der Waals surface area (Å²) in [6.07, 6.45) is 5.54. The van der Waals surface area contributed by atoms with Crippen LogP contribution in [-0.2, 0) is 16.0 Å². The second kappa shape index (κ2) is 8.73. The molecule has 0 radical (unpaired) electrons. The fraction of sp³-hybridized carbons (Fsp3) is 0.588. The van der Waals surface area contributed by atoms with E-state index in [0.29, 0.717) is 6.61 Å². The van der Waals surface area contributed by atoms with Crippen LogP contribution in [0, 0.1) is 12.8 Å². The topological polar surface area (TPSA) is 26.3 Å². The van der Waals surface area contributed by atoms with Gasteiger partial charge in [0.05, 0.1) is 12.5 Å². The highest BCUT2D eigenvalue weighted by Crippen LogP contribution is 2.13. The Morgan fingerprint density at radius 3 is 2.47 bits per heavy atom. The van der Waals surface area contributed by atoms with Gasteiger partial charge in [-0.3, -0.25) is 4.79 Å². The van der Waals surface area contributed by atoms with Gasteiger partial charge in [0.25, 0.3) is 0 Å². The third-order valence-corrected chi connectivity index (χ3v) is 3.41. The molecule has 1 aromatic rings. The van der Waals surface area contributed by atoms with Crippen molar-refractivity contribution in [3.63, 3.8) is 0 Å². The lowest BCUT2D eigenvalue weighted by Crippen LogP contribution is -2.14. The predicted octanol–water partition coefficient (Wildman–Crippen LogP) is 4.30. The molecule has 0 aliphatic rings. The molecule has 0 saturated carbocycles. The maximum Gasteiger partial charge on any atom is 0.308 e. The van der Waals surface area contributed by atoms with Gasteiger partial charge >= 0.3 is 5.97 Å². The van der Waals surface area contributed by atoms with Crippen molar-refractivity contribution in [3.8, 4) is 0 Å². The van der Waals surface area contributed by atoms with E-state index < -0.39 is 0 Å². The Labute approximate surface area is 117 Å². The second-order valence-electron chi connectivity index (χ2n) is 5.24. The Morgan fingerprint density at radius 1 is 1.16 bits per heavy atom. The monoisotopic (exact) mass is 262 g/mol. The fourth-order valence-electron chi connectivity index (χ4n) is 2.11. The molecule has 0 aliphatic heterocycles. The molecule has 0 bridgehead atoms. The molecule has 0 heterocycles. The quantitative estimate of drug-likeness (QED) is 0.516. The first-order valence-electron chi connectivity index (χ1n) is 7.35. The Hall–Kier alpha value is -1.31. The Balaban J connectivity index is 2.11. The van der Waals surface area contributed by atoms with Crippen LogP contribution in [0.2, 0.25) is 0 Å². The number of hydrogen-bond donors (Lipinski definition) is 0. The largest absolute Gasteiger partial charge is 0.466 e. The summed E-state index contributed by atoms with van der Waals surface area (Å²) in [5.41, 5.74) is 2.72. The van der Waals surface area contributed by atoms with E-state index >= 15 is 0 Å². The summed E-state index contributed by atoms with van der Waals surface area (Å²) in [5, 5.41) is 0. The number of carbonyl (C=O) groups excluding carboxylic acids is 1. The van der Waals surface area contributed by atoms with Gasteiger partial charge in [-0.2, -0.15) is 0 Å². The number of aryl methyl sites for hydroxylation is 2. The summed E-state index contributed by atoms with van der Waals surface area (Å²) in [5.74, 6) is -0.0136. The van der Waals surface area contributed by atoms with Crippen molar-refractivity contribution in [2.24, 2.45) is 5.92 Å². The zero-order chi connectivity index (χ0) is 14.1. The number of hydrogen-bond acceptors (Lipinski definition) is 2. The molecule has 106 valence electrons. The van der Waals surface area contributed by atoms with Gasteiger partial charge < -0.3 is 4.74 Å². The first-order chi connectivity index (χ1) is 9.13. The zero-order valence-electron chi connectivity index (χ0n) is 12.4. The van der Waals surface area contributed by atoms with Crippen molar-refractivity contribution < 1.29 is 9.53 Å². The van der Waals surface area contributed by atoms with Gasteiger partial charge in [-0.05, 0) is 38.7 Å². The highest BCUT2D eigenvalue weighted by molar-refractivity contribution is 5.71. The van der Waals surface area contributed by atoms with Crippen molar-refractivity contribution in [2.75, 3.05) is 6.61 Å². The van der Waals surface area contributed by atoms with E-state index in [2.05, 4.69) is 31.2 Å². The SMILES string of the molecule is CCOC(=O)C(C)CCCCCc1ccc(C)cc1. The molecule has 0 aromatic heterocycles. The summed E-state index contributed by atoms with van der Waals surface area (Å²) in [6, 6.07) is 8.74. The average Bonchev–Trinajstić information content (AvgIpc) is 2.40. The molecule has 0 amide bonds. The van der Waals surface area contributed by atoms with E-state index in [1.165, 1.54) is 24.0 Å². The summed E-state index contributed by atoms with van der Waals surface area (Å²) < 4.78 is 5.00. The molecule has 0 aliphatic carbocycles. The zero-order valence-corrected chi connectivity index (χ0v) is 12.4. The normalized spacial score (nSPS) is 12.2. The Kier molecular flexibility index (Phi) is 7.24. The van der Waals surface area contributed by atoms with Gasteiger partial charge in [-0.15, -0.1) is 0 Å². The van der Waals surface area contributed by atoms with Crippen molar-refractivity contribution in [1.82, 2.24) is 0 Å². The van der Waals surface area contributed by atoms with Crippen molar-refractivity contribution in [3.05, 3.63) is 35.4 Å². The molecule has 0 fully saturated rings. The van der Waals surface area contributed by atoms with Gasteiger partial charge in [-0.1, -0.05) is 49.6 Å². The number of ether oxygens (including phenoxy) is 1. The summed E-state index contributed by atoms with van der Waals surface area (Å²) in [7, 11) is 0. The van der Waals surface area contributed by atoms with Gasteiger partial charge in [0, 0.05) is 0 Å². The maximum atomic E-state index is 11.4. The number of carbonyl (C=O) groups is 1. The molecule has 1 atom stereocenters. The average molecular weight is 262 g/mol. The fourth-order valence-corrected chi connectivity index (χ4v) is 2.11. The van der Waals surface area contributed by atoms with Crippen LogP contribution in [-0.4, -0.2) is 12.6 Å². The van der Waals surface area contributed by atoms with E-state index in [1.807, 2.05) is 13.8 Å². The molecule has 19 heavy (non-hydrogen) atoms. The van der Waals surface area contributed by atoms with Crippen molar-refractivity contribution in [2.45, 2.75) is 52.9 Å². The standard InChI is InChI=1S/C17H26O2/c1-4-19-17(18)15(3)8-6-5-7-9-16-12-10-14(2)11-13-16/h10-13,15H,4-9H2,1-3H3. The second-order valence-corrected chi connectivity index (χ2v) is 5.24. The molecule has 1 aromatic carbocycles. The van der Waals surface area contributed by atoms with E-state index in [0.717, 1.165) is 19.3 Å². The third kappa shape index (κ3) is 6.42. The minimum absolute atomic E-state index is 0.0410. The molecular formula is C17H26O2. The lowest BCUT2D eigenvalue weighted by molar-refractivity contribution is -0.147. The molecule has 1 rings (SSSR count). The predicted molar refractivity (Wildman–Crippen MR) is 79.1 cm³/mol. The van der Waals surface area contributed by atoms with Crippen molar-refractivity contribution in [1.29, 1.82) is 0 Å². The first kappa shape index (κ1) is 15.7. The minimum Gasteiger partial charge on any atom is -0.466 e. The number of esters is 1. The molecule has 2 nitrogen and oxygen atoms in total. The number of unbranched alkanes of at least 4 members (excludes halogenated alkanes) is 2. The summed E-state index contributed by atoms with van der Waals surface area (Å²) in [6.45, 7) is 6.40. The maximum absolute atomic E-state index is 11.4. The third-order valence-electron chi connectivity index (χ3n) is 3.41. The lowest BCUT2D eigenvalue weighted by Gasteiger charge is -2.09. The van der Waals surface area contributed by atoms with E-state index in [1.54, 1.807) is 0 Å². The van der Waals surface area contributed by atoms with Gasteiger partial charge in [-0.25, -0.2) is 0 Å². The van der Waals surface area contributed by atoms with Crippen LogP contribution in [0.3, 0.4) is 0 Å². The van der Waals surface area contributed by atoms with Crippen LogP contribution < -0.4 is 0 Å². The molecule has 1 unspecified atom stereocenters. The molecule has 0 saturated heterocycles.